The second kappa shape index (κ2) is 4.45. The molecule has 66 valence electrons. The van der Waals surface area contributed by atoms with Crippen LogP contribution in [0.25, 0.3) is 0 Å². The van der Waals surface area contributed by atoms with E-state index in [0.717, 1.165) is 10.9 Å². The lowest BCUT2D eigenvalue weighted by molar-refractivity contribution is 0.208. The highest BCUT2D eigenvalue weighted by Gasteiger charge is 2.01. The van der Waals surface area contributed by atoms with Crippen LogP contribution in [-0.2, 0) is 0 Å². The van der Waals surface area contributed by atoms with E-state index >= 15 is 0 Å². The molecule has 1 rings (SSSR count). The average Bonchev–Trinajstić information content (AvgIpc) is 2.04. The molecule has 0 aliphatic heterocycles. The molecule has 1 aromatic heterocycles. The predicted molar refractivity (Wildman–Crippen MR) is 52.3 cm³/mol. The molecule has 0 unspecified atom stereocenters. The Morgan fingerprint density at radius 2 is 2.42 bits per heavy atom. The van der Waals surface area contributed by atoms with Gasteiger partial charge in [-0.1, -0.05) is 22.9 Å². The Kier molecular flexibility index (Phi) is 3.53. The first kappa shape index (κ1) is 9.52. The van der Waals surface area contributed by atoms with Crippen molar-refractivity contribution in [2.75, 3.05) is 0 Å². The van der Waals surface area contributed by atoms with E-state index in [1.165, 1.54) is 0 Å². The van der Waals surface area contributed by atoms with Gasteiger partial charge in [-0.15, -0.1) is 0 Å². The maximum atomic E-state index is 5.50. The molecule has 0 aromatic carbocycles. The van der Waals surface area contributed by atoms with E-state index < -0.39 is 0 Å². The van der Waals surface area contributed by atoms with Crippen LogP contribution in [0.5, 0.6) is 5.88 Å². The molecule has 0 spiro atoms. The van der Waals surface area contributed by atoms with Crippen molar-refractivity contribution >= 4 is 15.9 Å². The fraction of sp³-hybridized carbons (Fsp3) is 0.444. The van der Waals surface area contributed by atoms with Crippen LogP contribution in [0, 0.1) is 0 Å². The molecule has 0 aliphatic carbocycles. The Balaban J connectivity index is 2.63. The summed E-state index contributed by atoms with van der Waals surface area (Å²) in [5, 5.41) is 0. The Bertz CT molecular complexity index is 252. The van der Waals surface area contributed by atoms with Crippen molar-refractivity contribution in [3.05, 3.63) is 22.8 Å². The molecule has 0 saturated heterocycles. The van der Waals surface area contributed by atoms with Crippen molar-refractivity contribution in [3.63, 3.8) is 0 Å². The second-order valence-electron chi connectivity index (χ2n) is 2.65. The molecule has 0 N–H and O–H groups in total. The van der Waals surface area contributed by atoms with E-state index in [2.05, 4.69) is 27.8 Å². The van der Waals surface area contributed by atoms with Crippen LogP contribution < -0.4 is 4.74 Å². The maximum absolute atomic E-state index is 5.50. The lowest BCUT2D eigenvalue weighted by Gasteiger charge is -2.10. The van der Waals surface area contributed by atoms with Gasteiger partial charge in [0.05, 0.1) is 6.10 Å². The van der Waals surface area contributed by atoms with Crippen LogP contribution in [0.4, 0.5) is 0 Å². The van der Waals surface area contributed by atoms with Gasteiger partial charge in [0.2, 0.25) is 5.88 Å². The normalized spacial score (nSPS) is 12.6. The van der Waals surface area contributed by atoms with Crippen molar-refractivity contribution in [1.82, 2.24) is 4.98 Å². The summed E-state index contributed by atoms with van der Waals surface area (Å²) < 4.78 is 6.50. The summed E-state index contributed by atoms with van der Waals surface area (Å²) in [5.74, 6) is 0.679. The number of rotatable bonds is 3. The second-order valence-corrected chi connectivity index (χ2v) is 3.56. The number of hydrogen-bond acceptors (Lipinski definition) is 2. The van der Waals surface area contributed by atoms with E-state index in [-0.39, 0.29) is 6.10 Å². The van der Waals surface area contributed by atoms with Gasteiger partial charge in [-0.05, 0) is 19.4 Å². The summed E-state index contributed by atoms with van der Waals surface area (Å²) in [6.07, 6.45) is 2.95. The Morgan fingerprint density at radius 1 is 1.67 bits per heavy atom. The first-order valence-electron chi connectivity index (χ1n) is 4.00. The lowest BCUT2D eigenvalue weighted by atomic mass is 10.3. The highest BCUT2D eigenvalue weighted by Crippen LogP contribution is 2.16. The van der Waals surface area contributed by atoms with Crippen molar-refractivity contribution < 1.29 is 4.74 Å². The molecule has 0 radical (unpaired) electrons. The quantitative estimate of drug-likeness (QED) is 0.796. The first-order valence-corrected chi connectivity index (χ1v) is 4.80. The number of nitrogens with zero attached hydrogens (tertiary/aromatic N) is 1. The molecule has 0 bridgehead atoms. The van der Waals surface area contributed by atoms with E-state index in [1.54, 1.807) is 6.20 Å². The predicted octanol–water partition coefficient (Wildman–Crippen LogP) is 3.02. The van der Waals surface area contributed by atoms with Gasteiger partial charge in [0.25, 0.3) is 0 Å². The minimum atomic E-state index is 0.229. The molecular formula is C9H12BrNO. The molecule has 1 aromatic rings. The highest BCUT2D eigenvalue weighted by atomic mass is 79.9. The zero-order chi connectivity index (χ0) is 8.97. The Hall–Kier alpha value is -0.570. The van der Waals surface area contributed by atoms with E-state index in [1.807, 2.05) is 19.1 Å². The molecule has 3 heteroatoms. The number of halogens is 1. The molecule has 2 nitrogen and oxygen atoms in total. The van der Waals surface area contributed by atoms with Gasteiger partial charge in [0, 0.05) is 16.7 Å². The smallest absolute Gasteiger partial charge is 0.214 e. The van der Waals surface area contributed by atoms with Crippen LogP contribution in [0.3, 0.4) is 0 Å². The summed E-state index contributed by atoms with van der Waals surface area (Å²) in [7, 11) is 0. The number of hydrogen-bond donors (Lipinski definition) is 0. The molecule has 0 aliphatic rings. The molecule has 12 heavy (non-hydrogen) atoms. The van der Waals surface area contributed by atoms with Crippen LogP contribution in [0.2, 0.25) is 0 Å². The molecule has 0 fully saturated rings. The molecule has 0 saturated carbocycles. The van der Waals surface area contributed by atoms with Crippen LogP contribution in [0.15, 0.2) is 22.8 Å². The topological polar surface area (TPSA) is 22.1 Å². The van der Waals surface area contributed by atoms with Gasteiger partial charge >= 0.3 is 0 Å². The molecule has 1 atom stereocenters. The van der Waals surface area contributed by atoms with Gasteiger partial charge in [-0.3, -0.25) is 0 Å². The van der Waals surface area contributed by atoms with Crippen LogP contribution in [-0.4, -0.2) is 11.1 Å². The third-order valence-electron chi connectivity index (χ3n) is 1.59. The SMILES string of the molecule is CC[C@@H](C)Oc1cc(Br)ccn1. The summed E-state index contributed by atoms with van der Waals surface area (Å²) in [4.78, 5) is 4.08. The van der Waals surface area contributed by atoms with Crippen molar-refractivity contribution in [2.45, 2.75) is 26.4 Å². The van der Waals surface area contributed by atoms with Crippen LogP contribution in [0.1, 0.15) is 20.3 Å². The third-order valence-corrected chi connectivity index (χ3v) is 2.09. The summed E-state index contributed by atoms with van der Waals surface area (Å²) in [6, 6.07) is 3.75. The van der Waals surface area contributed by atoms with Gasteiger partial charge in [0.15, 0.2) is 0 Å². The zero-order valence-corrected chi connectivity index (χ0v) is 8.84. The maximum Gasteiger partial charge on any atom is 0.214 e. The number of pyridine rings is 1. The van der Waals surface area contributed by atoms with E-state index in [9.17, 15) is 0 Å². The van der Waals surface area contributed by atoms with Gasteiger partial charge in [0.1, 0.15) is 0 Å². The van der Waals surface area contributed by atoms with Gasteiger partial charge < -0.3 is 4.74 Å². The fourth-order valence-corrected chi connectivity index (χ4v) is 1.05. The van der Waals surface area contributed by atoms with Crippen LogP contribution >= 0.6 is 15.9 Å². The fourth-order valence-electron chi connectivity index (χ4n) is 0.739. The van der Waals surface area contributed by atoms with E-state index in [0.29, 0.717) is 5.88 Å². The van der Waals surface area contributed by atoms with Gasteiger partial charge in [-0.2, -0.15) is 0 Å². The minimum absolute atomic E-state index is 0.229. The Labute approximate surface area is 81.1 Å². The standard InChI is InChI=1S/C9H12BrNO/c1-3-7(2)12-9-6-8(10)4-5-11-9/h4-7H,3H2,1-2H3/t7-/m1/s1. The van der Waals surface area contributed by atoms with E-state index in [4.69, 9.17) is 4.74 Å². The average molecular weight is 230 g/mol. The van der Waals surface area contributed by atoms with Gasteiger partial charge in [-0.25, -0.2) is 4.98 Å². The summed E-state index contributed by atoms with van der Waals surface area (Å²) in [5.41, 5.74) is 0. The zero-order valence-electron chi connectivity index (χ0n) is 7.25. The lowest BCUT2D eigenvalue weighted by Crippen LogP contribution is -2.10. The monoisotopic (exact) mass is 229 g/mol. The van der Waals surface area contributed by atoms with Crippen molar-refractivity contribution in [2.24, 2.45) is 0 Å². The minimum Gasteiger partial charge on any atom is -0.475 e. The van der Waals surface area contributed by atoms with Crippen molar-refractivity contribution in [3.8, 4) is 5.88 Å². The molecular weight excluding hydrogens is 218 g/mol. The summed E-state index contributed by atoms with van der Waals surface area (Å²) in [6.45, 7) is 4.12. The third kappa shape index (κ3) is 2.81. The number of ether oxygens (including phenoxy) is 1. The Morgan fingerprint density at radius 3 is 3.00 bits per heavy atom. The number of aromatic nitrogens is 1. The van der Waals surface area contributed by atoms with Crippen molar-refractivity contribution in [1.29, 1.82) is 0 Å². The largest absolute Gasteiger partial charge is 0.475 e. The summed E-state index contributed by atoms with van der Waals surface area (Å²) >= 11 is 3.35. The molecule has 0 amide bonds. The first-order chi connectivity index (χ1) is 5.72. The highest BCUT2D eigenvalue weighted by molar-refractivity contribution is 9.10. The molecule has 1 heterocycles.